The van der Waals surface area contributed by atoms with E-state index in [0.29, 0.717) is 0 Å². The Hall–Kier alpha value is -0.400. The van der Waals surface area contributed by atoms with Crippen molar-refractivity contribution in [2.75, 3.05) is 13.2 Å². The smallest absolute Gasteiger partial charge is 0.110 e. The first-order chi connectivity index (χ1) is 10.2. The lowest BCUT2D eigenvalue weighted by molar-refractivity contribution is -0.129. The van der Waals surface area contributed by atoms with Crippen LogP contribution in [0.25, 0.3) is 0 Å². The Morgan fingerprint density at radius 2 is 0.636 bits per heavy atom. The minimum atomic E-state index is -1.80. The van der Waals surface area contributed by atoms with Crippen LogP contribution in [0.5, 0.6) is 0 Å². The highest BCUT2D eigenvalue weighted by Gasteiger charge is 2.33. The largest absolute Gasteiger partial charge is 0.394 e. The fourth-order valence-corrected chi connectivity index (χ4v) is 1.81. The molecule has 10 N–H and O–H groups in total. The molecule has 0 amide bonds. The molecular weight excluding hydrogens is 304 g/mol. The molecule has 22 heavy (non-hydrogen) atoms. The number of aliphatic hydroxyl groups is 10. The SMILES string of the molecule is OC[C@@H](O)[C@@H](O)[C@@H](O)C(O)CCC(O)[C@H](O)[C@H](O)[C@H](O)CO. The zero-order chi connectivity index (χ0) is 17.4. The molecule has 0 bridgehead atoms. The number of aliphatic hydroxyl groups excluding tert-OH is 10. The summed E-state index contributed by atoms with van der Waals surface area (Å²) in [7, 11) is 0. The number of rotatable bonds is 11. The highest BCUT2D eigenvalue weighted by atomic mass is 16.4. The van der Waals surface area contributed by atoms with E-state index in [2.05, 4.69) is 0 Å². The normalized spacial score (nSPS) is 23.2. The molecule has 0 aromatic heterocycles. The van der Waals surface area contributed by atoms with Crippen molar-refractivity contribution in [1.82, 2.24) is 0 Å². The van der Waals surface area contributed by atoms with Crippen LogP contribution in [-0.4, -0.2) is 113 Å². The first-order valence-corrected chi connectivity index (χ1v) is 6.83. The molecule has 0 saturated heterocycles. The van der Waals surface area contributed by atoms with Crippen LogP contribution >= 0.6 is 0 Å². The van der Waals surface area contributed by atoms with Gasteiger partial charge in [0.15, 0.2) is 0 Å². The van der Waals surface area contributed by atoms with E-state index in [4.69, 9.17) is 20.4 Å². The molecule has 8 atom stereocenters. The molecule has 2 unspecified atom stereocenters. The van der Waals surface area contributed by atoms with Crippen LogP contribution in [0, 0.1) is 0 Å². The summed E-state index contributed by atoms with van der Waals surface area (Å²) < 4.78 is 0. The third-order valence-corrected chi connectivity index (χ3v) is 3.41. The summed E-state index contributed by atoms with van der Waals surface area (Å²) in [5, 5.41) is 92.6. The minimum absolute atomic E-state index is 0.309. The predicted octanol–water partition coefficient (Wildman–Crippen LogP) is -5.36. The van der Waals surface area contributed by atoms with E-state index in [0.717, 1.165) is 0 Å². The second-order valence-corrected chi connectivity index (χ2v) is 5.17. The fourth-order valence-electron chi connectivity index (χ4n) is 1.81. The highest BCUT2D eigenvalue weighted by molar-refractivity contribution is 4.84. The Kier molecular flexibility index (Phi) is 10.2. The van der Waals surface area contributed by atoms with Crippen LogP contribution < -0.4 is 0 Å². The van der Waals surface area contributed by atoms with Crippen LogP contribution in [-0.2, 0) is 0 Å². The predicted molar refractivity (Wildman–Crippen MR) is 71.5 cm³/mol. The summed E-state index contributed by atoms with van der Waals surface area (Å²) >= 11 is 0. The van der Waals surface area contributed by atoms with Gasteiger partial charge < -0.3 is 51.1 Å². The lowest BCUT2D eigenvalue weighted by Crippen LogP contribution is -2.47. The van der Waals surface area contributed by atoms with E-state index in [1.807, 2.05) is 0 Å². The van der Waals surface area contributed by atoms with E-state index in [1.165, 1.54) is 0 Å². The Labute approximate surface area is 127 Å². The molecule has 0 aliphatic rings. The highest BCUT2D eigenvalue weighted by Crippen LogP contribution is 2.14. The van der Waals surface area contributed by atoms with Crippen LogP contribution in [0.2, 0.25) is 0 Å². The minimum Gasteiger partial charge on any atom is -0.394 e. The molecule has 0 aliphatic heterocycles. The summed E-state index contributed by atoms with van der Waals surface area (Å²) in [5.74, 6) is 0. The third kappa shape index (κ3) is 6.38. The van der Waals surface area contributed by atoms with Gasteiger partial charge in [-0.3, -0.25) is 0 Å². The van der Waals surface area contributed by atoms with E-state index < -0.39 is 62.0 Å². The van der Waals surface area contributed by atoms with Gasteiger partial charge in [0.05, 0.1) is 25.4 Å². The van der Waals surface area contributed by atoms with E-state index in [-0.39, 0.29) is 12.8 Å². The Balaban J connectivity index is 4.36. The van der Waals surface area contributed by atoms with Gasteiger partial charge in [-0.2, -0.15) is 0 Å². The first-order valence-electron chi connectivity index (χ1n) is 6.83. The zero-order valence-corrected chi connectivity index (χ0v) is 11.9. The van der Waals surface area contributed by atoms with Crippen molar-refractivity contribution < 1.29 is 51.1 Å². The van der Waals surface area contributed by atoms with Crippen LogP contribution in [0.4, 0.5) is 0 Å². The molecule has 0 heterocycles. The maximum absolute atomic E-state index is 9.61. The molecule has 10 heteroatoms. The summed E-state index contributed by atoms with van der Waals surface area (Å²) in [5.41, 5.74) is 0. The Bertz CT molecular complexity index is 263. The Morgan fingerprint density at radius 1 is 0.409 bits per heavy atom. The van der Waals surface area contributed by atoms with Crippen LogP contribution in [0.1, 0.15) is 12.8 Å². The van der Waals surface area contributed by atoms with Crippen molar-refractivity contribution in [3.05, 3.63) is 0 Å². The average Bonchev–Trinajstić information content (AvgIpc) is 2.54. The molecule has 10 nitrogen and oxygen atoms in total. The molecule has 0 saturated carbocycles. The molecule has 0 spiro atoms. The lowest BCUT2D eigenvalue weighted by Gasteiger charge is -2.28. The van der Waals surface area contributed by atoms with E-state index >= 15 is 0 Å². The van der Waals surface area contributed by atoms with Gasteiger partial charge in [-0.1, -0.05) is 0 Å². The maximum atomic E-state index is 9.61. The Morgan fingerprint density at radius 3 is 0.864 bits per heavy atom. The average molecular weight is 330 g/mol. The van der Waals surface area contributed by atoms with Crippen molar-refractivity contribution in [3.8, 4) is 0 Å². The number of hydrogen-bond donors (Lipinski definition) is 10. The van der Waals surface area contributed by atoms with Crippen molar-refractivity contribution in [1.29, 1.82) is 0 Å². The first kappa shape index (κ1) is 21.6. The van der Waals surface area contributed by atoms with Crippen LogP contribution in [0.3, 0.4) is 0 Å². The third-order valence-electron chi connectivity index (χ3n) is 3.41. The van der Waals surface area contributed by atoms with Gasteiger partial charge in [0.2, 0.25) is 0 Å². The van der Waals surface area contributed by atoms with Gasteiger partial charge in [-0.25, -0.2) is 0 Å². The van der Waals surface area contributed by atoms with Crippen molar-refractivity contribution in [3.63, 3.8) is 0 Å². The van der Waals surface area contributed by atoms with Crippen molar-refractivity contribution in [2.24, 2.45) is 0 Å². The summed E-state index contributed by atoms with van der Waals surface area (Å²) in [4.78, 5) is 0. The molecule has 0 aliphatic carbocycles. The summed E-state index contributed by atoms with van der Waals surface area (Å²) in [6, 6.07) is 0. The molecule has 0 rings (SSSR count). The standard InChI is InChI=1S/C12H26O10/c13-3-7(17)11(21)9(19)5(15)1-2-6(16)10(20)12(22)8(18)4-14/h5-22H,1-4H2/t5?,6?,7-,8-,9+,10+,11-,12-/m1/s1. The fraction of sp³-hybridized carbons (Fsp3) is 1.00. The van der Waals surface area contributed by atoms with E-state index in [9.17, 15) is 30.6 Å². The van der Waals surface area contributed by atoms with Crippen molar-refractivity contribution >= 4 is 0 Å². The molecular formula is C12H26O10. The molecule has 0 radical (unpaired) electrons. The van der Waals surface area contributed by atoms with Gasteiger partial charge in [0.25, 0.3) is 0 Å². The molecule has 0 aromatic carbocycles. The van der Waals surface area contributed by atoms with Gasteiger partial charge in [0, 0.05) is 0 Å². The number of hydrogen-bond acceptors (Lipinski definition) is 10. The zero-order valence-electron chi connectivity index (χ0n) is 11.9. The second-order valence-electron chi connectivity index (χ2n) is 5.17. The summed E-state index contributed by atoms with van der Waals surface area (Å²) in [6.45, 7) is -1.64. The van der Waals surface area contributed by atoms with Gasteiger partial charge in [0.1, 0.15) is 36.6 Å². The van der Waals surface area contributed by atoms with E-state index in [1.54, 1.807) is 0 Å². The molecule has 0 aromatic rings. The van der Waals surface area contributed by atoms with Gasteiger partial charge >= 0.3 is 0 Å². The summed E-state index contributed by atoms with van der Waals surface area (Å²) in [6.07, 6.45) is -14.3. The topological polar surface area (TPSA) is 202 Å². The molecule has 134 valence electrons. The van der Waals surface area contributed by atoms with Gasteiger partial charge in [-0.15, -0.1) is 0 Å². The molecule has 0 fully saturated rings. The van der Waals surface area contributed by atoms with Crippen LogP contribution in [0.15, 0.2) is 0 Å². The monoisotopic (exact) mass is 330 g/mol. The quantitative estimate of drug-likeness (QED) is 0.174. The lowest BCUT2D eigenvalue weighted by atomic mass is 9.95. The van der Waals surface area contributed by atoms with Crippen molar-refractivity contribution in [2.45, 2.75) is 61.7 Å². The maximum Gasteiger partial charge on any atom is 0.110 e. The van der Waals surface area contributed by atoms with Gasteiger partial charge in [-0.05, 0) is 12.8 Å². The second kappa shape index (κ2) is 10.4.